The van der Waals surface area contributed by atoms with Crippen LogP contribution in [0, 0.1) is 0 Å². The van der Waals surface area contributed by atoms with Gasteiger partial charge < -0.3 is 24.8 Å². The van der Waals surface area contributed by atoms with Gasteiger partial charge in [-0.3, -0.25) is 4.79 Å². The van der Waals surface area contributed by atoms with Crippen LogP contribution in [0.5, 0.6) is 17.2 Å². The Morgan fingerprint density at radius 3 is 2.33 bits per heavy atom. The van der Waals surface area contributed by atoms with Crippen LogP contribution in [0.15, 0.2) is 36.4 Å². The number of methoxy groups -OCH3 is 3. The fourth-order valence-corrected chi connectivity index (χ4v) is 3.06. The van der Waals surface area contributed by atoms with Crippen molar-refractivity contribution in [1.29, 1.82) is 0 Å². The predicted octanol–water partition coefficient (Wildman–Crippen LogP) is 2.31. The largest absolute Gasteiger partial charge is 0.496 e. The van der Waals surface area contributed by atoms with Crippen molar-refractivity contribution >= 4 is 17.5 Å². The van der Waals surface area contributed by atoms with Crippen LogP contribution in [0.25, 0.3) is 0 Å². The quantitative estimate of drug-likeness (QED) is 0.685. The molecule has 0 spiro atoms. The third-order valence-corrected chi connectivity index (χ3v) is 4.66. The molecule has 0 radical (unpaired) electrons. The fourth-order valence-electron chi connectivity index (χ4n) is 2.75. The smallest absolute Gasteiger partial charge is 0.275 e. The van der Waals surface area contributed by atoms with E-state index in [2.05, 4.69) is 5.32 Å². The van der Waals surface area contributed by atoms with Gasteiger partial charge in [0.15, 0.2) is 18.0 Å². The predicted molar refractivity (Wildman–Crippen MR) is 105 cm³/mol. The van der Waals surface area contributed by atoms with E-state index in [0.29, 0.717) is 35.4 Å². The Labute approximate surface area is 164 Å². The topological polar surface area (TPSA) is 73.4 Å². The summed E-state index contributed by atoms with van der Waals surface area (Å²) in [5.74, 6) is 1.71. The second-order valence-electron chi connectivity index (χ2n) is 6.05. The molecule has 6 nitrogen and oxygen atoms in total. The molecule has 0 aliphatic rings. The first-order valence-electron chi connectivity index (χ1n) is 8.63. The maximum absolute atomic E-state index is 12.2. The summed E-state index contributed by atoms with van der Waals surface area (Å²) in [5, 5.41) is 5.56. The van der Waals surface area contributed by atoms with E-state index in [0.717, 1.165) is 11.1 Å². The summed E-state index contributed by atoms with van der Waals surface area (Å²) in [6, 6.07) is 11.3. The fraction of sp³-hybridized carbons (Fsp3) is 0.350. The lowest BCUT2D eigenvalue weighted by atomic mass is 10.1. The highest BCUT2D eigenvalue weighted by atomic mass is 35.5. The highest BCUT2D eigenvalue weighted by molar-refractivity contribution is 6.31. The number of halogens is 1. The highest BCUT2D eigenvalue weighted by Crippen LogP contribution is 2.34. The Balaban J connectivity index is 1.94. The van der Waals surface area contributed by atoms with Crippen LogP contribution in [0.4, 0.5) is 0 Å². The maximum Gasteiger partial charge on any atom is 0.275 e. The summed E-state index contributed by atoms with van der Waals surface area (Å²) in [4.78, 5) is 12.2. The van der Waals surface area contributed by atoms with Crippen LogP contribution < -0.4 is 24.8 Å². The van der Waals surface area contributed by atoms with Crippen molar-refractivity contribution in [2.75, 3.05) is 27.9 Å². The number of nitrogens with one attached hydrogen (secondary N) is 1. The number of ether oxygens (including phenoxy) is 3. The number of nitrogens with two attached hydrogens (primary N) is 1. The zero-order valence-corrected chi connectivity index (χ0v) is 16.8. The van der Waals surface area contributed by atoms with Gasteiger partial charge in [-0.1, -0.05) is 29.8 Å². The summed E-state index contributed by atoms with van der Waals surface area (Å²) < 4.78 is 16.0. The van der Waals surface area contributed by atoms with Gasteiger partial charge in [-0.15, -0.1) is 0 Å². The molecule has 0 saturated heterocycles. The van der Waals surface area contributed by atoms with Crippen LogP contribution >= 0.6 is 11.6 Å². The molecule has 0 aliphatic carbocycles. The molecule has 146 valence electrons. The zero-order valence-electron chi connectivity index (χ0n) is 16.0. The molecular weight excluding hydrogens is 368 g/mol. The van der Waals surface area contributed by atoms with E-state index in [1.54, 1.807) is 33.5 Å². The first-order valence-corrected chi connectivity index (χ1v) is 9.01. The van der Waals surface area contributed by atoms with E-state index in [1.807, 2.05) is 36.5 Å². The molecule has 0 aliphatic heterocycles. The molecule has 0 heterocycles. The lowest BCUT2D eigenvalue weighted by Gasteiger charge is -2.15. The van der Waals surface area contributed by atoms with Gasteiger partial charge in [0.05, 0.1) is 21.3 Å². The number of benzene rings is 2. The van der Waals surface area contributed by atoms with Gasteiger partial charge >= 0.3 is 0 Å². The second kappa shape index (κ2) is 10.0. The molecule has 27 heavy (non-hydrogen) atoms. The molecule has 0 bridgehead atoms. The normalized spacial score (nSPS) is 11.6. The average Bonchev–Trinajstić information content (AvgIpc) is 2.69. The van der Waals surface area contributed by atoms with Gasteiger partial charge in [0.1, 0.15) is 11.8 Å². The minimum Gasteiger partial charge on any atom is -0.496 e. The molecule has 0 fully saturated rings. The second-order valence-corrected chi connectivity index (χ2v) is 6.45. The molecule has 0 aromatic heterocycles. The van der Waals surface area contributed by atoms with Gasteiger partial charge in [-0.25, -0.2) is 0 Å². The van der Waals surface area contributed by atoms with Crippen LogP contribution in [0.3, 0.4) is 0 Å². The summed E-state index contributed by atoms with van der Waals surface area (Å²) in [7, 11) is 4.71. The van der Waals surface area contributed by atoms with Crippen molar-refractivity contribution in [2.24, 2.45) is 0 Å². The van der Waals surface area contributed by atoms with Crippen LogP contribution in [-0.4, -0.2) is 33.8 Å². The third-order valence-electron chi connectivity index (χ3n) is 4.32. The molecule has 2 aromatic rings. The first kappa shape index (κ1) is 20.9. The number of hydrogen-bond acceptors (Lipinski definition) is 4. The van der Waals surface area contributed by atoms with Crippen LogP contribution in [0.1, 0.15) is 24.1 Å². The molecular formula is C20H26ClN2O4+. The Morgan fingerprint density at radius 1 is 1.07 bits per heavy atom. The first-order chi connectivity index (χ1) is 13.0. The van der Waals surface area contributed by atoms with E-state index in [4.69, 9.17) is 25.8 Å². The van der Waals surface area contributed by atoms with E-state index < -0.39 is 0 Å². The molecule has 0 unspecified atom stereocenters. The monoisotopic (exact) mass is 393 g/mol. The van der Waals surface area contributed by atoms with Gasteiger partial charge in [-0.05, 0) is 19.1 Å². The number of carbonyl (C=O) groups excluding carboxylic acids is 1. The molecule has 1 amide bonds. The Hall–Kier alpha value is -2.44. The Morgan fingerprint density at radius 2 is 1.70 bits per heavy atom. The highest BCUT2D eigenvalue weighted by Gasteiger charge is 2.16. The molecule has 0 saturated carbocycles. The standard InChI is InChI=1S/C20H25ClN2O4/c1-13(15-7-5-6-8-16(15)21)22-12-20(24)23-11-14-9-18(26-3)19(27-4)10-17(14)25-2/h5-10,13,22H,11-12H2,1-4H3,(H,23,24)/p+1/t13-/m0/s1. The van der Waals surface area contributed by atoms with E-state index in [-0.39, 0.29) is 11.9 Å². The van der Waals surface area contributed by atoms with Gasteiger partial charge in [0, 0.05) is 28.8 Å². The molecule has 7 heteroatoms. The Bertz CT molecular complexity index is 783. The number of hydrogen-bond donors (Lipinski definition) is 2. The molecule has 1 atom stereocenters. The third kappa shape index (κ3) is 5.52. The minimum absolute atomic E-state index is 0.0780. The maximum atomic E-state index is 12.2. The van der Waals surface area contributed by atoms with Crippen molar-refractivity contribution in [3.8, 4) is 17.2 Å². The van der Waals surface area contributed by atoms with E-state index >= 15 is 0 Å². The van der Waals surface area contributed by atoms with Gasteiger partial charge in [0.2, 0.25) is 0 Å². The van der Waals surface area contributed by atoms with Crippen molar-refractivity contribution in [3.63, 3.8) is 0 Å². The van der Waals surface area contributed by atoms with Crippen molar-refractivity contribution < 1.29 is 24.3 Å². The van der Waals surface area contributed by atoms with Gasteiger partial charge in [-0.2, -0.15) is 0 Å². The number of quaternary nitrogens is 1. The lowest BCUT2D eigenvalue weighted by Crippen LogP contribution is -2.87. The SMILES string of the molecule is COc1cc(OC)c(OC)cc1CNC(=O)C[NH2+][C@@H](C)c1ccccc1Cl. The van der Waals surface area contributed by atoms with Gasteiger partial charge in [0.25, 0.3) is 5.91 Å². The van der Waals surface area contributed by atoms with E-state index in [9.17, 15) is 4.79 Å². The molecule has 3 N–H and O–H groups in total. The molecule has 2 aromatic carbocycles. The van der Waals surface area contributed by atoms with E-state index in [1.165, 1.54) is 0 Å². The zero-order chi connectivity index (χ0) is 19.8. The lowest BCUT2D eigenvalue weighted by molar-refractivity contribution is -0.682. The van der Waals surface area contributed by atoms with Crippen molar-refractivity contribution in [2.45, 2.75) is 19.5 Å². The summed E-state index contributed by atoms with van der Waals surface area (Å²) in [5.41, 5.74) is 1.82. The number of carbonyl (C=O) groups is 1. The average molecular weight is 394 g/mol. The van der Waals surface area contributed by atoms with Crippen LogP contribution in [0.2, 0.25) is 5.02 Å². The summed E-state index contributed by atoms with van der Waals surface area (Å²) in [6.07, 6.45) is 0. The van der Waals surface area contributed by atoms with Crippen LogP contribution in [-0.2, 0) is 11.3 Å². The number of rotatable bonds is 9. The minimum atomic E-state index is -0.0780. The summed E-state index contributed by atoms with van der Waals surface area (Å²) >= 11 is 6.21. The van der Waals surface area contributed by atoms with Crippen molar-refractivity contribution in [1.82, 2.24) is 5.32 Å². The number of amides is 1. The Kier molecular flexibility index (Phi) is 7.76. The van der Waals surface area contributed by atoms with Crippen molar-refractivity contribution in [3.05, 3.63) is 52.5 Å². The summed E-state index contributed by atoms with van der Waals surface area (Å²) in [6.45, 7) is 2.64. The molecule has 2 rings (SSSR count).